The lowest BCUT2D eigenvalue weighted by Gasteiger charge is -2.12. The van der Waals surface area contributed by atoms with Crippen LogP contribution in [-0.2, 0) is 11.3 Å². The Morgan fingerprint density at radius 2 is 2.27 bits per heavy atom. The van der Waals surface area contributed by atoms with Gasteiger partial charge >= 0.3 is 0 Å². The molecule has 0 saturated heterocycles. The van der Waals surface area contributed by atoms with E-state index in [0.717, 1.165) is 4.47 Å². The number of benzene rings is 1. The van der Waals surface area contributed by atoms with Crippen LogP contribution in [0.25, 0.3) is 0 Å². The van der Waals surface area contributed by atoms with E-state index in [-0.39, 0.29) is 13.3 Å². The summed E-state index contributed by atoms with van der Waals surface area (Å²) in [6, 6.07) is 3.43. The van der Waals surface area contributed by atoms with Crippen molar-refractivity contribution in [1.29, 1.82) is 0 Å². The third kappa shape index (κ3) is 3.32. The van der Waals surface area contributed by atoms with Gasteiger partial charge in [0.2, 0.25) is 0 Å². The molecule has 0 aliphatic carbocycles. The van der Waals surface area contributed by atoms with E-state index in [9.17, 15) is 4.91 Å². The van der Waals surface area contributed by atoms with E-state index < -0.39 is 0 Å². The third-order valence-electron chi connectivity index (χ3n) is 1.72. The first-order valence-electron chi connectivity index (χ1n) is 4.17. The van der Waals surface area contributed by atoms with Crippen molar-refractivity contribution in [3.8, 4) is 5.75 Å². The first-order valence-corrected chi connectivity index (χ1v) is 4.97. The lowest BCUT2D eigenvalue weighted by molar-refractivity contribution is 0.0512. The van der Waals surface area contributed by atoms with Gasteiger partial charge in [0.1, 0.15) is 20.1 Å². The SMILES string of the molecule is [B]c1cc(Br)cc(CN=O)c1OCOC. The fourth-order valence-corrected chi connectivity index (χ4v) is 1.68. The van der Waals surface area contributed by atoms with E-state index in [1.165, 1.54) is 7.11 Å². The number of methoxy groups -OCH3 is 1. The molecule has 15 heavy (non-hydrogen) atoms. The molecule has 0 heterocycles. The van der Waals surface area contributed by atoms with Gasteiger partial charge in [-0.25, -0.2) is 0 Å². The summed E-state index contributed by atoms with van der Waals surface area (Å²) >= 11 is 3.27. The van der Waals surface area contributed by atoms with Crippen LogP contribution in [0.3, 0.4) is 0 Å². The molecule has 4 nitrogen and oxygen atoms in total. The summed E-state index contributed by atoms with van der Waals surface area (Å²) in [7, 11) is 7.25. The number of ether oxygens (including phenoxy) is 2. The molecule has 0 unspecified atom stereocenters. The van der Waals surface area contributed by atoms with E-state index in [2.05, 4.69) is 21.1 Å². The second-order valence-corrected chi connectivity index (χ2v) is 3.74. The Bertz CT molecular complexity index is 359. The summed E-state index contributed by atoms with van der Waals surface area (Å²) < 4.78 is 10.8. The van der Waals surface area contributed by atoms with Gasteiger partial charge in [0.15, 0.2) is 6.79 Å². The summed E-state index contributed by atoms with van der Waals surface area (Å²) in [4.78, 5) is 10.2. The highest BCUT2D eigenvalue weighted by Gasteiger charge is 2.08. The minimum atomic E-state index is 0.0166. The second-order valence-electron chi connectivity index (χ2n) is 2.82. The van der Waals surface area contributed by atoms with Crippen molar-refractivity contribution in [2.75, 3.05) is 13.9 Å². The first-order chi connectivity index (χ1) is 7.19. The molecule has 0 saturated carbocycles. The van der Waals surface area contributed by atoms with Gasteiger partial charge in [-0.2, -0.15) is 4.91 Å². The Morgan fingerprint density at radius 1 is 1.53 bits per heavy atom. The molecular weight excluding hydrogens is 261 g/mol. The van der Waals surface area contributed by atoms with Gasteiger partial charge in [0, 0.05) is 17.1 Å². The predicted molar refractivity (Wildman–Crippen MR) is 61.5 cm³/mol. The second kappa shape index (κ2) is 5.87. The Labute approximate surface area is 97.5 Å². The van der Waals surface area contributed by atoms with Crippen molar-refractivity contribution in [1.82, 2.24) is 0 Å². The van der Waals surface area contributed by atoms with E-state index in [1.54, 1.807) is 12.1 Å². The van der Waals surface area contributed by atoms with Gasteiger partial charge in [-0.05, 0) is 6.07 Å². The topological polar surface area (TPSA) is 47.9 Å². The van der Waals surface area contributed by atoms with E-state index in [4.69, 9.17) is 17.3 Å². The Balaban J connectivity index is 3.02. The molecule has 0 fully saturated rings. The normalized spacial score (nSPS) is 10.0. The molecule has 0 aliphatic rings. The quantitative estimate of drug-likeness (QED) is 0.462. The number of rotatable bonds is 5. The summed E-state index contributed by atoms with van der Waals surface area (Å²) in [6.07, 6.45) is 0. The third-order valence-corrected chi connectivity index (χ3v) is 2.17. The van der Waals surface area contributed by atoms with Crippen molar-refractivity contribution in [3.63, 3.8) is 0 Å². The fraction of sp³-hybridized carbons (Fsp3) is 0.333. The average molecular weight is 270 g/mol. The van der Waals surface area contributed by atoms with Gasteiger partial charge in [-0.1, -0.05) is 32.6 Å². The van der Waals surface area contributed by atoms with Crippen LogP contribution in [0.4, 0.5) is 0 Å². The summed E-state index contributed by atoms with van der Waals surface area (Å²) in [6.45, 7) is 0.0976. The molecule has 6 heteroatoms. The monoisotopic (exact) mass is 269 g/mol. The molecule has 0 aromatic heterocycles. The lowest BCUT2D eigenvalue weighted by Crippen LogP contribution is -2.13. The van der Waals surface area contributed by atoms with Gasteiger partial charge in [-0.3, -0.25) is 0 Å². The molecule has 0 atom stereocenters. The van der Waals surface area contributed by atoms with Crippen molar-refractivity contribution >= 4 is 29.2 Å². The van der Waals surface area contributed by atoms with Gasteiger partial charge in [-0.15, -0.1) is 0 Å². The van der Waals surface area contributed by atoms with Crippen molar-refractivity contribution in [3.05, 3.63) is 27.1 Å². The molecule has 0 amide bonds. The van der Waals surface area contributed by atoms with Gasteiger partial charge < -0.3 is 9.47 Å². The maximum atomic E-state index is 10.2. The highest BCUT2D eigenvalue weighted by Crippen LogP contribution is 2.21. The van der Waals surface area contributed by atoms with Crippen molar-refractivity contribution in [2.45, 2.75) is 6.54 Å². The molecule has 1 aromatic rings. The summed E-state index contributed by atoms with van der Waals surface area (Å²) in [5, 5.41) is 2.81. The molecular formula is C9H9BBrNO3. The molecule has 0 aliphatic heterocycles. The van der Waals surface area contributed by atoms with Crippen LogP contribution >= 0.6 is 15.9 Å². The van der Waals surface area contributed by atoms with Crippen molar-refractivity contribution < 1.29 is 9.47 Å². The predicted octanol–water partition coefficient (Wildman–Crippen LogP) is 1.49. The molecule has 0 bridgehead atoms. The number of nitrogens with zero attached hydrogens (tertiary/aromatic N) is 1. The number of halogens is 1. The van der Waals surface area contributed by atoms with E-state index in [0.29, 0.717) is 16.8 Å². The molecule has 1 rings (SSSR count). The Hall–Kier alpha value is -0.875. The Morgan fingerprint density at radius 3 is 2.87 bits per heavy atom. The summed E-state index contributed by atoms with van der Waals surface area (Å²) in [5.41, 5.74) is 1.08. The zero-order chi connectivity index (χ0) is 11.3. The number of nitroso groups, excluding NO2 is 1. The Kier molecular flexibility index (Phi) is 4.78. The van der Waals surface area contributed by atoms with Crippen molar-refractivity contribution in [2.24, 2.45) is 5.18 Å². The number of hydrogen-bond acceptors (Lipinski definition) is 4. The molecule has 78 valence electrons. The first kappa shape index (κ1) is 12.2. The zero-order valence-corrected chi connectivity index (χ0v) is 9.78. The maximum absolute atomic E-state index is 10.2. The van der Waals surface area contributed by atoms with E-state index >= 15 is 0 Å². The molecule has 2 radical (unpaired) electrons. The average Bonchev–Trinajstić information content (AvgIpc) is 2.17. The standard InChI is InChI=1S/C9H9BBrNO3/c1-14-5-15-9-6(4-12-13)2-7(11)3-8(9)10/h2-3H,4-5H2,1H3. The minimum absolute atomic E-state index is 0.0166. The van der Waals surface area contributed by atoms with E-state index in [1.807, 2.05) is 0 Å². The smallest absolute Gasteiger partial charge is 0.188 e. The largest absolute Gasteiger partial charge is 0.468 e. The highest BCUT2D eigenvalue weighted by molar-refractivity contribution is 9.10. The van der Waals surface area contributed by atoms with Crippen LogP contribution in [0.2, 0.25) is 0 Å². The van der Waals surface area contributed by atoms with Crippen LogP contribution in [0, 0.1) is 4.91 Å². The van der Waals surface area contributed by atoms with Gasteiger partial charge in [0.25, 0.3) is 0 Å². The zero-order valence-electron chi connectivity index (χ0n) is 8.20. The van der Waals surface area contributed by atoms with Crippen LogP contribution < -0.4 is 10.2 Å². The lowest BCUT2D eigenvalue weighted by atomic mass is 9.93. The maximum Gasteiger partial charge on any atom is 0.188 e. The molecule has 1 aromatic carbocycles. The van der Waals surface area contributed by atoms with Crippen LogP contribution in [0.5, 0.6) is 5.75 Å². The van der Waals surface area contributed by atoms with Gasteiger partial charge in [0.05, 0.1) is 0 Å². The van der Waals surface area contributed by atoms with Crippen LogP contribution in [0.1, 0.15) is 5.56 Å². The summed E-state index contributed by atoms with van der Waals surface area (Å²) in [5.74, 6) is 0.444. The van der Waals surface area contributed by atoms with Crippen LogP contribution in [0.15, 0.2) is 21.8 Å². The molecule has 0 N–H and O–H groups in total. The minimum Gasteiger partial charge on any atom is -0.468 e. The molecule has 0 spiro atoms. The van der Waals surface area contributed by atoms with Crippen LogP contribution in [-0.4, -0.2) is 21.7 Å². The fourth-order valence-electron chi connectivity index (χ4n) is 1.15. The highest BCUT2D eigenvalue weighted by atomic mass is 79.9. The number of hydrogen-bond donors (Lipinski definition) is 0.